The van der Waals surface area contributed by atoms with Crippen molar-refractivity contribution in [1.82, 2.24) is 9.97 Å². The fraction of sp³-hybridized carbons (Fsp3) is 0.318. The van der Waals surface area contributed by atoms with Gasteiger partial charge in [-0.15, -0.1) is 0 Å². The lowest BCUT2D eigenvalue weighted by molar-refractivity contribution is 0.0690. The minimum atomic E-state index is -1.08. The van der Waals surface area contributed by atoms with E-state index in [2.05, 4.69) is 15.3 Å². The Morgan fingerprint density at radius 2 is 2.00 bits per heavy atom. The third-order valence-corrected chi connectivity index (χ3v) is 4.68. The summed E-state index contributed by atoms with van der Waals surface area (Å²) in [6.07, 6.45) is 3.44. The van der Waals surface area contributed by atoms with Gasteiger partial charge in [0.25, 0.3) is 0 Å². The summed E-state index contributed by atoms with van der Waals surface area (Å²) in [5, 5.41) is 12.0. The average Bonchev–Trinajstić information content (AvgIpc) is 3.24. The Balaban J connectivity index is 1.54. The number of aromatic nitrogens is 2. The van der Waals surface area contributed by atoms with Crippen LogP contribution in [0.1, 0.15) is 46.9 Å². The molecule has 1 unspecified atom stereocenters. The number of ether oxygens (including phenoxy) is 1. The molecule has 2 N–H and O–H groups in total. The lowest BCUT2D eigenvalue weighted by Gasteiger charge is -2.12. The fourth-order valence-corrected chi connectivity index (χ4v) is 3.02. The Morgan fingerprint density at radius 1 is 1.21 bits per heavy atom. The van der Waals surface area contributed by atoms with Crippen LogP contribution in [-0.2, 0) is 12.8 Å². The molecule has 0 radical (unpaired) electrons. The van der Waals surface area contributed by atoms with E-state index in [1.807, 2.05) is 56.4 Å². The van der Waals surface area contributed by atoms with Crippen LogP contribution in [0.25, 0.3) is 0 Å². The number of benzene rings is 1. The van der Waals surface area contributed by atoms with Crippen molar-refractivity contribution in [2.24, 2.45) is 0 Å². The first-order chi connectivity index (χ1) is 14.1. The van der Waals surface area contributed by atoms with Gasteiger partial charge in [0.1, 0.15) is 17.8 Å². The second-order valence-corrected chi connectivity index (χ2v) is 6.69. The number of hydrogen-bond acceptors (Lipinski definition) is 6. The molecule has 3 aromatic rings. The van der Waals surface area contributed by atoms with Crippen molar-refractivity contribution in [1.29, 1.82) is 0 Å². The van der Waals surface area contributed by atoms with Gasteiger partial charge in [-0.2, -0.15) is 0 Å². The van der Waals surface area contributed by atoms with E-state index in [0.29, 0.717) is 12.5 Å². The molecule has 7 heteroatoms. The monoisotopic (exact) mass is 395 g/mol. The summed E-state index contributed by atoms with van der Waals surface area (Å²) >= 11 is 0. The maximum Gasteiger partial charge on any atom is 0.357 e. The molecule has 0 saturated carbocycles. The molecular formula is C22H25N3O4. The van der Waals surface area contributed by atoms with Crippen LogP contribution in [0.2, 0.25) is 0 Å². The topological polar surface area (TPSA) is 97.5 Å². The molecule has 152 valence electrons. The van der Waals surface area contributed by atoms with E-state index in [0.717, 1.165) is 42.1 Å². The molecule has 0 bridgehead atoms. The Bertz CT molecular complexity index is 937. The highest BCUT2D eigenvalue weighted by molar-refractivity contribution is 5.84. The number of nitrogens with one attached hydrogen (secondary N) is 1. The number of aromatic carboxylic acids is 1. The first kappa shape index (κ1) is 20.4. The third kappa shape index (κ3) is 5.57. The maximum atomic E-state index is 11.0. The molecule has 3 rings (SSSR count). The number of oxazole rings is 1. The standard InChI is InChI=1S/C22H25N3O4/c1-3-16(21-25-19(14-29-21)22(26)27)13-15-7-9-18(10-8-15)28-12-11-17-5-4-6-20(23-2)24-17/h4-10,14,16H,3,11-13H2,1-2H3,(H,23,24)(H,26,27). The first-order valence-corrected chi connectivity index (χ1v) is 9.63. The van der Waals surface area contributed by atoms with E-state index in [1.165, 1.54) is 6.26 Å². The molecule has 1 atom stereocenters. The van der Waals surface area contributed by atoms with Crippen LogP contribution in [-0.4, -0.2) is 34.7 Å². The molecule has 2 heterocycles. The van der Waals surface area contributed by atoms with E-state index in [-0.39, 0.29) is 11.6 Å². The summed E-state index contributed by atoms with van der Waals surface area (Å²) < 4.78 is 11.2. The minimum Gasteiger partial charge on any atom is -0.493 e. The largest absolute Gasteiger partial charge is 0.493 e. The number of carbonyl (C=O) groups is 1. The predicted octanol–water partition coefficient (Wildman–Crippen LogP) is 4.17. The summed E-state index contributed by atoms with van der Waals surface area (Å²) in [4.78, 5) is 19.5. The highest BCUT2D eigenvalue weighted by atomic mass is 16.5. The van der Waals surface area contributed by atoms with Gasteiger partial charge in [-0.25, -0.2) is 14.8 Å². The summed E-state index contributed by atoms with van der Waals surface area (Å²) in [7, 11) is 1.85. The van der Waals surface area contributed by atoms with Crippen molar-refractivity contribution < 1.29 is 19.1 Å². The molecule has 0 aliphatic rings. The van der Waals surface area contributed by atoms with Gasteiger partial charge in [-0.1, -0.05) is 25.1 Å². The first-order valence-electron chi connectivity index (χ1n) is 9.63. The van der Waals surface area contributed by atoms with Gasteiger partial charge in [-0.05, 0) is 42.7 Å². The maximum absolute atomic E-state index is 11.0. The third-order valence-electron chi connectivity index (χ3n) is 4.68. The second-order valence-electron chi connectivity index (χ2n) is 6.69. The Kier molecular flexibility index (Phi) is 6.84. The average molecular weight is 395 g/mol. The zero-order chi connectivity index (χ0) is 20.6. The van der Waals surface area contributed by atoms with Crippen molar-refractivity contribution in [3.8, 4) is 5.75 Å². The zero-order valence-corrected chi connectivity index (χ0v) is 16.6. The number of carboxylic acids is 1. The van der Waals surface area contributed by atoms with Crippen LogP contribution >= 0.6 is 0 Å². The predicted molar refractivity (Wildman–Crippen MR) is 110 cm³/mol. The molecule has 0 fully saturated rings. The number of nitrogens with zero attached hydrogens (tertiary/aromatic N) is 2. The molecule has 29 heavy (non-hydrogen) atoms. The minimum absolute atomic E-state index is 0.0281. The highest BCUT2D eigenvalue weighted by Crippen LogP contribution is 2.25. The second kappa shape index (κ2) is 9.73. The van der Waals surface area contributed by atoms with Gasteiger partial charge in [-0.3, -0.25) is 0 Å². The molecule has 1 aromatic carbocycles. The number of pyridine rings is 1. The summed E-state index contributed by atoms with van der Waals surface area (Å²) in [6, 6.07) is 13.8. The lowest BCUT2D eigenvalue weighted by Crippen LogP contribution is -2.05. The van der Waals surface area contributed by atoms with Crippen LogP contribution in [0.4, 0.5) is 5.82 Å². The smallest absolute Gasteiger partial charge is 0.357 e. The molecular weight excluding hydrogens is 370 g/mol. The molecule has 2 aromatic heterocycles. The van der Waals surface area contributed by atoms with E-state index in [1.54, 1.807) is 0 Å². The van der Waals surface area contributed by atoms with Crippen molar-refractivity contribution in [3.63, 3.8) is 0 Å². The van der Waals surface area contributed by atoms with Gasteiger partial charge >= 0.3 is 5.97 Å². The Hall–Kier alpha value is -3.35. The van der Waals surface area contributed by atoms with Crippen LogP contribution in [0.5, 0.6) is 5.75 Å². The molecule has 0 aliphatic heterocycles. The van der Waals surface area contributed by atoms with Crippen molar-refractivity contribution in [2.45, 2.75) is 32.1 Å². The van der Waals surface area contributed by atoms with Crippen molar-refractivity contribution in [2.75, 3.05) is 19.0 Å². The number of carboxylic acid groups (broad SMARTS) is 1. The molecule has 0 spiro atoms. The number of anilines is 1. The molecule has 7 nitrogen and oxygen atoms in total. The van der Waals surface area contributed by atoms with Crippen LogP contribution < -0.4 is 10.1 Å². The van der Waals surface area contributed by atoms with E-state index in [9.17, 15) is 4.79 Å². The van der Waals surface area contributed by atoms with Crippen molar-refractivity contribution >= 4 is 11.8 Å². The van der Waals surface area contributed by atoms with Crippen LogP contribution in [0.15, 0.2) is 53.1 Å². The molecule has 0 amide bonds. The Morgan fingerprint density at radius 3 is 2.66 bits per heavy atom. The SMILES string of the molecule is CCC(Cc1ccc(OCCc2cccc(NC)n2)cc1)c1nc(C(=O)O)co1. The fourth-order valence-electron chi connectivity index (χ4n) is 3.02. The number of rotatable bonds is 10. The van der Waals surface area contributed by atoms with E-state index < -0.39 is 5.97 Å². The summed E-state index contributed by atoms with van der Waals surface area (Å²) in [5.74, 6) is 1.06. The summed E-state index contributed by atoms with van der Waals surface area (Å²) in [5.41, 5.74) is 2.03. The van der Waals surface area contributed by atoms with Gasteiger partial charge < -0.3 is 19.6 Å². The highest BCUT2D eigenvalue weighted by Gasteiger charge is 2.19. The normalized spacial score (nSPS) is 11.8. The number of hydrogen-bond donors (Lipinski definition) is 2. The Labute approximate surface area is 169 Å². The van der Waals surface area contributed by atoms with Crippen molar-refractivity contribution in [3.05, 3.63) is 71.6 Å². The van der Waals surface area contributed by atoms with Gasteiger partial charge in [0, 0.05) is 25.1 Å². The zero-order valence-electron chi connectivity index (χ0n) is 16.6. The summed E-state index contributed by atoms with van der Waals surface area (Å²) in [6.45, 7) is 2.58. The molecule has 0 saturated heterocycles. The van der Waals surface area contributed by atoms with Gasteiger partial charge in [0.15, 0.2) is 11.6 Å². The quantitative estimate of drug-likeness (QED) is 0.532. The van der Waals surface area contributed by atoms with E-state index in [4.69, 9.17) is 14.3 Å². The van der Waals surface area contributed by atoms with Crippen LogP contribution in [0.3, 0.4) is 0 Å². The lowest BCUT2D eigenvalue weighted by atomic mass is 9.97. The van der Waals surface area contributed by atoms with E-state index >= 15 is 0 Å². The van der Waals surface area contributed by atoms with Gasteiger partial charge in [0.2, 0.25) is 0 Å². The molecule has 0 aliphatic carbocycles. The van der Waals surface area contributed by atoms with Gasteiger partial charge in [0.05, 0.1) is 6.61 Å². The van der Waals surface area contributed by atoms with Crippen LogP contribution in [0, 0.1) is 0 Å².